The number of carbonyl (C=O) groups excluding carboxylic acids is 1. The predicted molar refractivity (Wildman–Crippen MR) is 98.8 cm³/mol. The average Bonchev–Trinajstić information content (AvgIpc) is 3.10. The molecule has 0 unspecified atom stereocenters. The molecule has 2 N–H and O–H groups in total. The maximum Gasteiger partial charge on any atom is 0.261 e. The van der Waals surface area contributed by atoms with Crippen molar-refractivity contribution >= 4 is 5.91 Å². The molecule has 0 aliphatic carbocycles. The molecule has 1 atom stereocenters. The number of pyridine rings is 1. The van der Waals surface area contributed by atoms with Crippen LogP contribution in [0.5, 0.6) is 0 Å². The summed E-state index contributed by atoms with van der Waals surface area (Å²) in [5.74, 6) is -0.702. The zero-order valence-corrected chi connectivity index (χ0v) is 15.1. The van der Waals surface area contributed by atoms with Crippen molar-refractivity contribution in [2.45, 2.75) is 32.7 Å². The summed E-state index contributed by atoms with van der Waals surface area (Å²) in [6.45, 7) is 5.52. The number of rotatable bonds is 5. The third-order valence-corrected chi connectivity index (χ3v) is 4.89. The Morgan fingerprint density at radius 3 is 2.62 bits per heavy atom. The largest absolute Gasteiger partial charge is 0.350 e. The van der Waals surface area contributed by atoms with Gasteiger partial charge in [-0.25, -0.2) is 4.39 Å². The van der Waals surface area contributed by atoms with Crippen LogP contribution in [0.25, 0.3) is 0 Å². The van der Waals surface area contributed by atoms with Gasteiger partial charge in [0.25, 0.3) is 11.5 Å². The number of amides is 1. The molecule has 2 heterocycles. The fraction of sp³-hybridized carbons (Fsp3) is 0.400. The number of hydrogen-bond donors (Lipinski definition) is 2. The summed E-state index contributed by atoms with van der Waals surface area (Å²) in [5.41, 5.74) is 1.63. The lowest BCUT2D eigenvalue weighted by Gasteiger charge is -2.28. The first kappa shape index (κ1) is 18.3. The Bertz CT molecular complexity index is 856. The van der Waals surface area contributed by atoms with E-state index in [0.29, 0.717) is 16.8 Å². The number of carbonyl (C=O) groups is 1. The van der Waals surface area contributed by atoms with Crippen molar-refractivity contribution in [2.24, 2.45) is 0 Å². The smallest absolute Gasteiger partial charge is 0.261 e. The van der Waals surface area contributed by atoms with Crippen LogP contribution >= 0.6 is 0 Å². The zero-order chi connectivity index (χ0) is 18.7. The standard InChI is InChI=1S/C20H24FN3O2/c1-13-11-14(2)23-20(26)18(13)19(25)22-12-17(24-9-5-6-10-24)15-7-3-4-8-16(15)21/h3-4,7-8,11,17H,5-6,9-10,12H2,1-2H3,(H,22,25)(H,23,26)/t17-/m1/s1. The van der Waals surface area contributed by atoms with Crippen LogP contribution in [0.2, 0.25) is 0 Å². The molecule has 0 radical (unpaired) electrons. The van der Waals surface area contributed by atoms with Gasteiger partial charge in [-0.2, -0.15) is 0 Å². The first-order valence-electron chi connectivity index (χ1n) is 8.94. The second-order valence-electron chi connectivity index (χ2n) is 6.83. The molecule has 5 nitrogen and oxygen atoms in total. The second-order valence-corrected chi connectivity index (χ2v) is 6.83. The second kappa shape index (κ2) is 7.83. The number of hydrogen-bond acceptors (Lipinski definition) is 3. The minimum atomic E-state index is -0.427. The van der Waals surface area contributed by atoms with Crippen molar-refractivity contribution in [2.75, 3.05) is 19.6 Å². The van der Waals surface area contributed by atoms with E-state index in [2.05, 4.69) is 15.2 Å². The molecular formula is C20H24FN3O2. The monoisotopic (exact) mass is 357 g/mol. The first-order valence-corrected chi connectivity index (χ1v) is 8.94. The molecule has 0 spiro atoms. The van der Waals surface area contributed by atoms with Crippen molar-refractivity contribution in [1.82, 2.24) is 15.2 Å². The molecule has 1 aliphatic rings. The number of aromatic amines is 1. The van der Waals surface area contributed by atoms with Gasteiger partial charge in [-0.05, 0) is 57.5 Å². The topological polar surface area (TPSA) is 65.2 Å². The van der Waals surface area contributed by atoms with E-state index in [4.69, 9.17) is 0 Å². The van der Waals surface area contributed by atoms with E-state index in [-0.39, 0.29) is 24.0 Å². The molecule has 1 aromatic carbocycles. The van der Waals surface area contributed by atoms with Crippen molar-refractivity contribution in [3.8, 4) is 0 Å². The van der Waals surface area contributed by atoms with Crippen molar-refractivity contribution in [1.29, 1.82) is 0 Å². The number of nitrogens with zero attached hydrogens (tertiary/aromatic N) is 1. The van der Waals surface area contributed by atoms with E-state index >= 15 is 0 Å². The summed E-state index contributed by atoms with van der Waals surface area (Å²) in [7, 11) is 0. The van der Waals surface area contributed by atoms with Crippen molar-refractivity contribution in [3.63, 3.8) is 0 Å². The quantitative estimate of drug-likeness (QED) is 0.865. The van der Waals surface area contributed by atoms with Crippen molar-refractivity contribution in [3.05, 3.63) is 68.9 Å². The molecule has 6 heteroatoms. The molecule has 0 saturated carbocycles. The van der Waals surface area contributed by atoms with Gasteiger partial charge in [-0.3, -0.25) is 14.5 Å². The van der Waals surface area contributed by atoms with Gasteiger partial charge in [0.1, 0.15) is 11.4 Å². The van der Waals surface area contributed by atoms with E-state index in [1.54, 1.807) is 38.1 Å². The Morgan fingerprint density at radius 2 is 1.96 bits per heavy atom. The molecule has 3 rings (SSSR count). The van der Waals surface area contributed by atoms with Crippen LogP contribution in [0.15, 0.2) is 35.1 Å². The highest BCUT2D eigenvalue weighted by Gasteiger charge is 2.26. The maximum absolute atomic E-state index is 14.3. The summed E-state index contributed by atoms with van der Waals surface area (Å²) in [6, 6.07) is 8.19. The van der Waals surface area contributed by atoms with Gasteiger partial charge >= 0.3 is 0 Å². The fourth-order valence-electron chi connectivity index (χ4n) is 3.65. The number of likely N-dealkylation sites (tertiary alicyclic amines) is 1. The zero-order valence-electron chi connectivity index (χ0n) is 15.1. The first-order chi connectivity index (χ1) is 12.5. The third kappa shape index (κ3) is 3.85. The lowest BCUT2D eigenvalue weighted by atomic mass is 10.0. The van der Waals surface area contributed by atoms with Crippen molar-refractivity contribution < 1.29 is 9.18 Å². The van der Waals surface area contributed by atoms with E-state index in [1.807, 2.05) is 0 Å². The Balaban J connectivity index is 1.81. The summed E-state index contributed by atoms with van der Waals surface area (Å²) in [6.07, 6.45) is 2.13. The molecule has 1 aliphatic heterocycles. The minimum Gasteiger partial charge on any atom is -0.350 e. The minimum absolute atomic E-state index is 0.115. The normalized spacial score (nSPS) is 15.8. The van der Waals surface area contributed by atoms with Crippen LogP contribution in [0.4, 0.5) is 4.39 Å². The van der Waals surface area contributed by atoms with Crippen LogP contribution in [0.1, 0.15) is 46.1 Å². The van der Waals surface area contributed by atoms with Gasteiger partial charge < -0.3 is 10.3 Å². The van der Waals surface area contributed by atoms with Crippen LogP contribution in [0.3, 0.4) is 0 Å². The molecule has 1 fully saturated rings. The van der Waals surface area contributed by atoms with E-state index in [1.165, 1.54) is 6.07 Å². The number of benzene rings is 1. The van der Waals surface area contributed by atoms with Gasteiger partial charge in [-0.1, -0.05) is 18.2 Å². The van der Waals surface area contributed by atoms with E-state index in [9.17, 15) is 14.0 Å². The van der Waals surface area contributed by atoms with Crippen LogP contribution in [0, 0.1) is 19.7 Å². The number of H-pyrrole nitrogens is 1. The number of aryl methyl sites for hydroxylation is 2. The van der Waals surface area contributed by atoms with Crippen LogP contribution < -0.4 is 10.9 Å². The lowest BCUT2D eigenvalue weighted by Crippen LogP contribution is -2.39. The SMILES string of the molecule is Cc1cc(C)c(C(=O)NC[C@H](c2ccccc2F)N2CCCC2)c(=O)[nH]1. The molecule has 0 bridgehead atoms. The highest BCUT2D eigenvalue weighted by atomic mass is 19.1. The van der Waals surface area contributed by atoms with Gasteiger partial charge in [0.2, 0.25) is 0 Å². The van der Waals surface area contributed by atoms with E-state index < -0.39 is 11.5 Å². The number of nitrogens with one attached hydrogen (secondary N) is 2. The Hall–Kier alpha value is -2.47. The van der Waals surface area contributed by atoms with Gasteiger partial charge in [-0.15, -0.1) is 0 Å². The maximum atomic E-state index is 14.3. The van der Waals surface area contributed by atoms with Gasteiger partial charge in [0.05, 0.1) is 6.04 Å². The fourth-order valence-corrected chi connectivity index (χ4v) is 3.65. The molecule has 1 saturated heterocycles. The molecule has 1 amide bonds. The highest BCUT2D eigenvalue weighted by Crippen LogP contribution is 2.26. The summed E-state index contributed by atoms with van der Waals surface area (Å²) < 4.78 is 14.3. The third-order valence-electron chi connectivity index (χ3n) is 4.89. The van der Waals surface area contributed by atoms with E-state index in [0.717, 1.165) is 25.9 Å². The molecule has 1 aromatic heterocycles. The van der Waals surface area contributed by atoms with Crippen LogP contribution in [-0.2, 0) is 0 Å². The number of aromatic nitrogens is 1. The molecule has 26 heavy (non-hydrogen) atoms. The average molecular weight is 357 g/mol. The Kier molecular flexibility index (Phi) is 5.52. The Labute approximate surface area is 152 Å². The summed E-state index contributed by atoms with van der Waals surface area (Å²) >= 11 is 0. The Morgan fingerprint density at radius 1 is 1.27 bits per heavy atom. The van der Waals surface area contributed by atoms with Gasteiger partial charge in [0.15, 0.2) is 0 Å². The molecular weight excluding hydrogens is 333 g/mol. The summed E-state index contributed by atoms with van der Waals surface area (Å²) in [5, 5.41) is 2.84. The van der Waals surface area contributed by atoms with Crippen LogP contribution in [-0.4, -0.2) is 35.4 Å². The highest BCUT2D eigenvalue weighted by molar-refractivity contribution is 5.95. The summed E-state index contributed by atoms with van der Waals surface area (Å²) in [4.78, 5) is 29.6. The lowest BCUT2D eigenvalue weighted by molar-refractivity contribution is 0.0935. The van der Waals surface area contributed by atoms with Gasteiger partial charge in [0, 0.05) is 17.8 Å². The molecule has 2 aromatic rings. The molecule has 138 valence electrons. The predicted octanol–water partition coefficient (Wildman–Crippen LogP) is 2.70. The number of halogens is 1.